The molecule has 12 heavy (non-hydrogen) atoms. The molecule has 0 saturated heterocycles. The van der Waals surface area contributed by atoms with Crippen LogP contribution < -0.4 is 11.1 Å². The second kappa shape index (κ2) is 4.63. The molecule has 0 aliphatic carbocycles. The fraction of sp³-hybridized carbons (Fsp3) is 0.143. The molecule has 1 aromatic heterocycles. The van der Waals surface area contributed by atoms with Crippen LogP contribution >= 0.6 is 11.3 Å². The summed E-state index contributed by atoms with van der Waals surface area (Å²) in [7, 11) is 0. The number of rotatable bonds is 3. The minimum Gasteiger partial charge on any atom is -0.327 e. The van der Waals surface area contributed by atoms with Crippen LogP contribution in [0, 0.1) is 0 Å². The summed E-state index contributed by atoms with van der Waals surface area (Å²) in [6.07, 6.45) is 4.61. The molecule has 0 saturated carbocycles. The number of hydrogen-bond acceptors (Lipinski definition) is 4. The van der Waals surface area contributed by atoms with E-state index < -0.39 is 0 Å². The Labute approximate surface area is 74.1 Å². The Morgan fingerprint density at radius 1 is 1.83 bits per heavy atom. The molecule has 0 aliphatic heterocycles. The lowest BCUT2D eigenvalue weighted by atomic mass is 10.5. The highest BCUT2D eigenvalue weighted by Crippen LogP contribution is 2.09. The van der Waals surface area contributed by atoms with E-state index in [-0.39, 0.29) is 5.91 Å². The highest BCUT2D eigenvalue weighted by Gasteiger charge is 1.97. The van der Waals surface area contributed by atoms with Gasteiger partial charge in [0.25, 0.3) is 0 Å². The minimum atomic E-state index is -0.199. The molecule has 1 aromatic rings. The Bertz CT molecular complexity index is 268. The molecule has 3 N–H and O–H groups in total. The van der Waals surface area contributed by atoms with Crippen molar-refractivity contribution < 1.29 is 4.79 Å². The van der Waals surface area contributed by atoms with Gasteiger partial charge in [0, 0.05) is 24.2 Å². The van der Waals surface area contributed by atoms with Gasteiger partial charge in [0.05, 0.1) is 0 Å². The van der Waals surface area contributed by atoms with Gasteiger partial charge >= 0.3 is 0 Å². The number of amides is 1. The molecule has 64 valence electrons. The van der Waals surface area contributed by atoms with E-state index in [9.17, 15) is 4.79 Å². The number of nitrogens with two attached hydrogens (primary N) is 1. The molecular weight excluding hydrogens is 174 g/mol. The third-order valence-electron chi connectivity index (χ3n) is 1.07. The molecule has 0 fully saturated rings. The van der Waals surface area contributed by atoms with E-state index in [2.05, 4.69) is 10.3 Å². The van der Waals surface area contributed by atoms with Crippen LogP contribution in [0.2, 0.25) is 0 Å². The van der Waals surface area contributed by atoms with Crippen LogP contribution in [0.3, 0.4) is 0 Å². The molecule has 0 spiro atoms. The van der Waals surface area contributed by atoms with Crippen molar-refractivity contribution in [1.29, 1.82) is 0 Å². The highest BCUT2D eigenvalue weighted by atomic mass is 32.1. The standard InChI is InChI=1S/C7H9N3OS/c8-3-1-2-6(11)10-7-9-4-5-12-7/h1-2,4-5H,3,8H2,(H,9,10,11)/b2-1+. The van der Waals surface area contributed by atoms with Gasteiger partial charge in [0.2, 0.25) is 5.91 Å². The summed E-state index contributed by atoms with van der Waals surface area (Å²) in [5.74, 6) is -0.199. The lowest BCUT2D eigenvalue weighted by molar-refractivity contribution is -0.111. The Balaban J connectivity index is 2.42. The first-order chi connectivity index (χ1) is 5.83. The zero-order chi connectivity index (χ0) is 8.81. The summed E-state index contributed by atoms with van der Waals surface area (Å²) >= 11 is 1.38. The molecule has 0 aliphatic rings. The number of carbonyl (C=O) groups excluding carboxylic acids is 1. The van der Waals surface area contributed by atoms with Crippen molar-refractivity contribution in [2.45, 2.75) is 0 Å². The predicted molar refractivity (Wildman–Crippen MR) is 48.9 cm³/mol. The summed E-state index contributed by atoms with van der Waals surface area (Å²) < 4.78 is 0. The summed E-state index contributed by atoms with van der Waals surface area (Å²) in [5.41, 5.74) is 5.17. The van der Waals surface area contributed by atoms with Crippen molar-refractivity contribution >= 4 is 22.4 Å². The number of hydrogen-bond donors (Lipinski definition) is 2. The van der Waals surface area contributed by atoms with E-state index in [0.717, 1.165) is 0 Å². The summed E-state index contributed by atoms with van der Waals surface area (Å²) in [6.45, 7) is 0.366. The Hall–Kier alpha value is -1.20. The fourth-order valence-corrected chi connectivity index (χ4v) is 1.14. The van der Waals surface area contributed by atoms with Gasteiger partial charge in [-0.3, -0.25) is 10.1 Å². The maximum Gasteiger partial charge on any atom is 0.249 e. The van der Waals surface area contributed by atoms with Crippen LogP contribution in [0.25, 0.3) is 0 Å². The molecule has 5 heteroatoms. The molecule has 0 bridgehead atoms. The van der Waals surface area contributed by atoms with E-state index in [1.807, 2.05) is 0 Å². The van der Waals surface area contributed by atoms with Gasteiger partial charge in [-0.2, -0.15) is 0 Å². The maximum absolute atomic E-state index is 11.0. The van der Waals surface area contributed by atoms with Gasteiger partial charge in [-0.05, 0) is 0 Å². The van der Waals surface area contributed by atoms with E-state index in [4.69, 9.17) is 5.73 Å². The Kier molecular flexibility index (Phi) is 3.43. The normalized spacial score (nSPS) is 10.4. The summed E-state index contributed by atoms with van der Waals surface area (Å²) in [5, 5.41) is 4.98. The van der Waals surface area contributed by atoms with Crippen molar-refractivity contribution in [3.63, 3.8) is 0 Å². The van der Waals surface area contributed by atoms with Crippen LogP contribution in [0.4, 0.5) is 5.13 Å². The molecule has 0 unspecified atom stereocenters. The van der Waals surface area contributed by atoms with E-state index in [1.165, 1.54) is 17.4 Å². The molecule has 1 rings (SSSR count). The zero-order valence-corrected chi connectivity index (χ0v) is 7.17. The molecule has 1 amide bonds. The highest BCUT2D eigenvalue weighted by molar-refractivity contribution is 7.13. The Morgan fingerprint density at radius 2 is 2.67 bits per heavy atom. The largest absolute Gasteiger partial charge is 0.327 e. The van der Waals surface area contributed by atoms with Crippen molar-refractivity contribution in [2.24, 2.45) is 5.73 Å². The second-order valence-electron chi connectivity index (χ2n) is 1.96. The lowest BCUT2D eigenvalue weighted by Crippen LogP contribution is -2.08. The molecule has 1 heterocycles. The smallest absolute Gasteiger partial charge is 0.249 e. The first-order valence-electron chi connectivity index (χ1n) is 3.40. The van der Waals surface area contributed by atoms with Crippen LogP contribution in [-0.4, -0.2) is 17.4 Å². The third-order valence-corrected chi connectivity index (χ3v) is 1.76. The van der Waals surface area contributed by atoms with E-state index in [1.54, 1.807) is 17.7 Å². The van der Waals surface area contributed by atoms with Crippen molar-refractivity contribution in [2.75, 3.05) is 11.9 Å². The van der Waals surface area contributed by atoms with Gasteiger partial charge in [0.15, 0.2) is 5.13 Å². The number of nitrogens with zero attached hydrogens (tertiary/aromatic N) is 1. The van der Waals surface area contributed by atoms with Crippen LogP contribution in [0.15, 0.2) is 23.7 Å². The van der Waals surface area contributed by atoms with Crippen LogP contribution in [0.5, 0.6) is 0 Å². The topological polar surface area (TPSA) is 68.0 Å². The quantitative estimate of drug-likeness (QED) is 0.674. The van der Waals surface area contributed by atoms with Crippen molar-refractivity contribution in [3.05, 3.63) is 23.7 Å². The third kappa shape index (κ3) is 2.81. The molecular formula is C7H9N3OS. The van der Waals surface area contributed by atoms with E-state index >= 15 is 0 Å². The number of thiazole rings is 1. The number of nitrogens with one attached hydrogen (secondary N) is 1. The first-order valence-corrected chi connectivity index (χ1v) is 4.28. The average molecular weight is 183 g/mol. The van der Waals surface area contributed by atoms with Gasteiger partial charge in [0.1, 0.15) is 0 Å². The van der Waals surface area contributed by atoms with Gasteiger partial charge in [-0.25, -0.2) is 4.98 Å². The number of anilines is 1. The zero-order valence-electron chi connectivity index (χ0n) is 6.36. The lowest BCUT2D eigenvalue weighted by Gasteiger charge is -1.93. The van der Waals surface area contributed by atoms with Crippen LogP contribution in [-0.2, 0) is 4.79 Å². The predicted octanol–water partition coefficient (Wildman–Crippen LogP) is 0.596. The van der Waals surface area contributed by atoms with E-state index in [0.29, 0.717) is 11.7 Å². The summed E-state index contributed by atoms with van der Waals surface area (Å²) in [4.78, 5) is 14.9. The second-order valence-corrected chi connectivity index (χ2v) is 2.86. The number of aromatic nitrogens is 1. The minimum absolute atomic E-state index is 0.199. The first kappa shape index (κ1) is 8.89. The van der Waals surface area contributed by atoms with Gasteiger partial charge in [-0.15, -0.1) is 11.3 Å². The monoisotopic (exact) mass is 183 g/mol. The average Bonchev–Trinajstić information content (AvgIpc) is 2.53. The van der Waals surface area contributed by atoms with Crippen LogP contribution in [0.1, 0.15) is 0 Å². The van der Waals surface area contributed by atoms with Gasteiger partial charge < -0.3 is 5.73 Å². The molecule has 0 aromatic carbocycles. The van der Waals surface area contributed by atoms with Crippen molar-refractivity contribution in [1.82, 2.24) is 4.98 Å². The maximum atomic E-state index is 11.0. The van der Waals surface area contributed by atoms with Crippen molar-refractivity contribution in [3.8, 4) is 0 Å². The summed E-state index contributed by atoms with van der Waals surface area (Å²) in [6, 6.07) is 0. The van der Waals surface area contributed by atoms with Gasteiger partial charge in [-0.1, -0.05) is 6.08 Å². The number of carbonyl (C=O) groups is 1. The fourth-order valence-electron chi connectivity index (χ4n) is 0.607. The molecule has 4 nitrogen and oxygen atoms in total. The molecule has 0 atom stereocenters. The SMILES string of the molecule is NC/C=C/C(=O)Nc1nccs1. The molecule has 0 radical (unpaired) electrons. The Morgan fingerprint density at radius 3 is 3.25 bits per heavy atom.